The van der Waals surface area contributed by atoms with Gasteiger partial charge in [-0.1, -0.05) is 0 Å². The third-order valence-electron chi connectivity index (χ3n) is 2.44. The summed E-state index contributed by atoms with van der Waals surface area (Å²) in [6.45, 7) is 1.27. The van der Waals surface area contributed by atoms with Crippen LogP contribution in [0.5, 0.6) is 0 Å². The monoisotopic (exact) mass is 247 g/mol. The number of pyridine rings is 1. The maximum atomic E-state index is 10.9. The van der Waals surface area contributed by atoms with E-state index in [-0.39, 0.29) is 11.3 Å². The molecule has 0 spiro atoms. The Balaban J connectivity index is 2.01. The van der Waals surface area contributed by atoms with Crippen molar-refractivity contribution in [2.75, 3.05) is 17.6 Å². The van der Waals surface area contributed by atoms with Crippen molar-refractivity contribution in [2.45, 2.75) is 6.54 Å². The standard InChI is InChI=1S/C11H13N5O2/c12-9-8(11(17)18)1-2-14-10(9)15-4-6-16-5-3-13-7-16/h1-3,5,7H,4,6,12H2,(H,14,15)(H,17,18). The van der Waals surface area contributed by atoms with Crippen molar-refractivity contribution in [1.82, 2.24) is 14.5 Å². The van der Waals surface area contributed by atoms with E-state index in [1.807, 2.05) is 10.8 Å². The molecule has 2 heterocycles. The summed E-state index contributed by atoms with van der Waals surface area (Å²) < 4.78 is 1.89. The van der Waals surface area contributed by atoms with E-state index < -0.39 is 5.97 Å². The second kappa shape index (κ2) is 5.17. The first-order chi connectivity index (χ1) is 8.68. The van der Waals surface area contributed by atoms with Crippen molar-refractivity contribution in [3.63, 3.8) is 0 Å². The molecule has 18 heavy (non-hydrogen) atoms. The number of nitrogens with one attached hydrogen (secondary N) is 1. The Hall–Kier alpha value is -2.57. The van der Waals surface area contributed by atoms with Crippen LogP contribution in [0.2, 0.25) is 0 Å². The minimum Gasteiger partial charge on any atom is -0.478 e. The summed E-state index contributed by atoms with van der Waals surface area (Å²) >= 11 is 0. The van der Waals surface area contributed by atoms with E-state index in [0.29, 0.717) is 18.9 Å². The van der Waals surface area contributed by atoms with E-state index in [1.165, 1.54) is 12.3 Å². The van der Waals surface area contributed by atoms with Crippen LogP contribution in [0.25, 0.3) is 0 Å². The molecule has 94 valence electrons. The Bertz CT molecular complexity index is 538. The molecule has 0 atom stereocenters. The molecule has 0 aromatic carbocycles. The number of aromatic carboxylic acids is 1. The second-order valence-electron chi connectivity index (χ2n) is 3.65. The SMILES string of the molecule is Nc1c(C(=O)O)ccnc1NCCn1ccnc1. The number of nitrogens with two attached hydrogens (primary N) is 1. The van der Waals surface area contributed by atoms with Crippen LogP contribution < -0.4 is 11.1 Å². The lowest BCUT2D eigenvalue weighted by Crippen LogP contribution is -2.13. The van der Waals surface area contributed by atoms with Crippen LogP contribution in [-0.2, 0) is 6.54 Å². The fraction of sp³-hybridized carbons (Fsp3) is 0.182. The van der Waals surface area contributed by atoms with Gasteiger partial charge >= 0.3 is 5.97 Å². The van der Waals surface area contributed by atoms with Gasteiger partial charge in [0.05, 0.1) is 17.6 Å². The molecule has 7 heteroatoms. The smallest absolute Gasteiger partial charge is 0.337 e. The summed E-state index contributed by atoms with van der Waals surface area (Å²) in [5.41, 5.74) is 5.92. The van der Waals surface area contributed by atoms with Gasteiger partial charge in [0.15, 0.2) is 0 Å². The van der Waals surface area contributed by atoms with Gasteiger partial charge in [0, 0.05) is 31.7 Å². The van der Waals surface area contributed by atoms with E-state index in [0.717, 1.165) is 0 Å². The minimum absolute atomic E-state index is 0.0510. The lowest BCUT2D eigenvalue weighted by atomic mass is 10.2. The van der Waals surface area contributed by atoms with Crippen molar-refractivity contribution in [1.29, 1.82) is 0 Å². The van der Waals surface area contributed by atoms with E-state index in [9.17, 15) is 4.79 Å². The maximum Gasteiger partial charge on any atom is 0.337 e. The first kappa shape index (κ1) is 11.9. The summed E-state index contributed by atoms with van der Waals surface area (Å²) in [5, 5.41) is 11.9. The van der Waals surface area contributed by atoms with Crippen molar-refractivity contribution in [3.05, 3.63) is 36.5 Å². The molecule has 0 unspecified atom stereocenters. The zero-order chi connectivity index (χ0) is 13.0. The molecule has 0 amide bonds. The van der Waals surface area contributed by atoms with E-state index in [4.69, 9.17) is 10.8 Å². The molecule has 0 aliphatic rings. The highest BCUT2D eigenvalue weighted by Gasteiger charge is 2.11. The fourth-order valence-corrected chi connectivity index (χ4v) is 1.52. The Kier molecular flexibility index (Phi) is 3.42. The molecule has 4 N–H and O–H groups in total. The zero-order valence-corrected chi connectivity index (χ0v) is 9.58. The first-order valence-electron chi connectivity index (χ1n) is 5.36. The molecule has 0 radical (unpaired) electrons. The van der Waals surface area contributed by atoms with Gasteiger partial charge in [-0.15, -0.1) is 0 Å². The van der Waals surface area contributed by atoms with E-state index in [2.05, 4.69) is 15.3 Å². The molecule has 0 aliphatic heterocycles. The second-order valence-corrected chi connectivity index (χ2v) is 3.65. The summed E-state index contributed by atoms with van der Waals surface area (Å²) in [6, 6.07) is 1.37. The molecule has 2 aromatic rings. The molecular formula is C11H13N5O2. The van der Waals surface area contributed by atoms with E-state index >= 15 is 0 Å². The molecule has 7 nitrogen and oxygen atoms in total. The van der Waals surface area contributed by atoms with Crippen LogP contribution in [0.3, 0.4) is 0 Å². The highest BCUT2D eigenvalue weighted by Crippen LogP contribution is 2.19. The molecular weight excluding hydrogens is 234 g/mol. The lowest BCUT2D eigenvalue weighted by molar-refractivity contribution is 0.0698. The number of hydrogen-bond acceptors (Lipinski definition) is 5. The van der Waals surface area contributed by atoms with Crippen LogP contribution in [0.1, 0.15) is 10.4 Å². The average Bonchev–Trinajstić information content (AvgIpc) is 2.84. The predicted octanol–water partition coefficient (Wildman–Crippen LogP) is 0.671. The van der Waals surface area contributed by atoms with Gasteiger partial charge < -0.3 is 20.7 Å². The average molecular weight is 247 g/mol. The third kappa shape index (κ3) is 2.57. The number of carboxylic acids is 1. The quantitative estimate of drug-likeness (QED) is 0.717. The fourth-order valence-electron chi connectivity index (χ4n) is 1.52. The molecule has 0 saturated heterocycles. The van der Waals surface area contributed by atoms with Crippen LogP contribution in [0, 0.1) is 0 Å². The highest BCUT2D eigenvalue weighted by molar-refractivity contribution is 5.96. The first-order valence-corrected chi connectivity index (χ1v) is 5.36. The van der Waals surface area contributed by atoms with Gasteiger partial charge in [-0.2, -0.15) is 0 Å². The van der Waals surface area contributed by atoms with Gasteiger partial charge in [0.2, 0.25) is 0 Å². The molecule has 0 saturated carbocycles. The number of carboxylic acid groups (broad SMARTS) is 1. The Morgan fingerprint density at radius 1 is 1.50 bits per heavy atom. The number of imidazole rings is 1. The topological polar surface area (TPSA) is 106 Å². The highest BCUT2D eigenvalue weighted by atomic mass is 16.4. The van der Waals surface area contributed by atoms with Crippen LogP contribution in [-0.4, -0.2) is 32.2 Å². The predicted molar refractivity (Wildman–Crippen MR) is 66.3 cm³/mol. The summed E-state index contributed by atoms with van der Waals surface area (Å²) in [5.74, 6) is -0.678. The van der Waals surface area contributed by atoms with Crippen molar-refractivity contribution in [2.24, 2.45) is 0 Å². The van der Waals surface area contributed by atoms with Crippen LogP contribution >= 0.6 is 0 Å². The molecule has 2 aromatic heterocycles. The van der Waals surface area contributed by atoms with Crippen LogP contribution in [0.15, 0.2) is 31.0 Å². The molecule has 0 aliphatic carbocycles. The molecule has 0 bridgehead atoms. The molecule has 0 fully saturated rings. The summed E-state index contributed by atoms with van der Waals surface area (Å²) in [7, 11) is 0. The van der Waals surface area contributed by atoms with Gasteiger partial charge in [0.1, 0.15) is 5.82 Å². The van der Waals surface area contributed by atoms with Crippen molar-refractivity contribution >= 4 is 17.5 Å². The van der Waals surface area contributed by atoms with Gasteiger partial charge in [-0.25, -0.2) is 14.8 Å². The number of carbonyl (C=O) groups is 1. The number of rotatable bonds is 5. The Morgan fingerprint density at radius 3 is 3.00 bits per heavy atom. The van der Waals surface area contributed by atoms with Gasteiger partial charge in [0.25, 0.3) is 0 Å². The third-order valence-corrected chi connectivity index (χ3v) is 2.44. The van der Waals surface area contributed by atoms with Crippen molar-refractivity contribution in [3.8, 4) is 0 Å². The van der Waals surface area contributed by atoms with Gasteiger partial charge in [-0.3, -0.25) is 0 Å². The number of anilines is 2. The zero-order valence-electron chi connectivity index (χ0n) is 9.58. The minimum atomic E-state index is -1.06. The summed E-state index contributed by atoms with van der Waals surface area (Å²) in [4.78, 5) is 18.8. The van der Waals surface area contributed by atoms with Crippen molar-refractivity contribution < 1.29 is 9.90 Å². The Morgan fingerprint density at radius 2 is 2.33 bits per heavy atom. The molecule has 2 rings (SSSR count). The summed E-state index contributed by atoms with van der Waals surface area (Å²) in [6.07, 6.45) is 6.65. The van der Waals surface area contributed by atoms with Gasteiger partial charge in [-0.05, 0) is 6.07 Å². The number of aromatic nitrogens is 3. The largest absolute Gasteiger partial charge is 0.478 e. The normalized spacial score (nSPS) is 10.2. The van der Waals surface area contributed by atoms with E-state index in [1.54, 1.807) is 12.5 Å². The van der Waals surface area contributed by atoms with Crippen LogP contribution in [0.4, 0.5) is 11.5 Å². The number of nitrogens with zero attached hydrogens (tertiary/aromatic N) is 3. The maximum absolute atomic E-state index is 10.9. The number of hydrogen-bond donors (Lipinski definition) is 3. The lowest BCUT2D eigenvalue weighted by Gasteiger charge is -2.10. The Labute approximate surface area is 103 Å². The number of nitrogen functional groups attached to an aromatic ring is 1.